The van der Waals surface area contributed by atoms with E-state index in [-0.39, 0.29) is 0 Å². The van der Waals surface area contributed by atoms with Gasteiger partial charge in [-0.1, -0.05) is 60.2 Å². The third-order valence-corrected chi connectivity index (χ3v) is 5.17. The van der Waals surface area contributed by atoms with Crippen LogP contribution in [0.15, 0.2) is 54.6 Å². The van der Waals surface area contributed by atoms with Crippen LogP contribution in [0.5, 0.6) is 0 Å². The lowest BCUT2D eigenvalue weighted by Crippen LogP contribution is -2.49. The van der Waals surface area contributed by atoms with Crippen LogP contribution >= 0.6 is 23.8 Å². The number of thiocarbonyl (C=S) groups is 1. The van der Waals surface area contributed by atoms with E-state index < -0.39 is 0 Å². The van der Waals surface area contributed by atoms with Crippen LogP contribution in [0.4, 0.5) is 5.69 Å². The first kappa shape index (κ1) is 18.9. The van der Waals surface area contributed by atoms with Gasteiger partial charge >= 0.3 is 0 Å². The van der Waals surface area contributed by atoms with Gasteiger partial charge in [-0.25, -0.2) is 0 Å². The maximum atomic E-state index is 6.09. The second kappa shape index (κ2) is 9.17. The van der Waals surface area contributed by atoms with Crippen LogP contribution in [0.3, 0.4) is 0 Å². The van der Waals surface area contributed by atoms with Gasteiger partial charge in [-0.05, 0) is 42.4 Å². The normalized spacial score (nSPS) is 15.4. The molecule has 0 atom stereocenters. The van der Waals surface area contributed by atoms with Crippen LogP contribution in [0.2, 0.25) is 5.02 Å². The number of nitrogens with one attached hydrogen (secondary N) is 1. The molecule has 0 radical (unpaired) electrons. The molecule has 1 saturated heterocycles. The second-order valence-corrected chi connectivity index (χ2v) is 7.31. The first-order valence-electron chi connectivity index (χ1n) is 8.88. The van der Waals surface area contributed by atoms with Crippen molar-refractivity contribution in [1.29, 1.82) is 0 Å². The molecular formula is C21H24ClN3S. The zero-order chi connectivity index (χ0) is 18.4. The van der Waals surface area contributed by atoms with E-state index in [1.54, 1.807) is 0 Å². The minimum atomic E-state index is 0.718. The van der Waals surface area contributed by atoms with Crippen molar-refractivity contribution in [3.05, 3.63) is 70.8 Å². The summed E-state index contributed by atoms with van der Waals surface area (Å²) in [6.07, 6.45) is 4.41. The summed E-state index contributed by atoms with van der Waals surface area (Å²) in [4.78, 5) is 4.68. The number of anilines is 1. The van der Waals surface area contributed by atoms with E-state index in [9.17, 15) is 0 Å². The van der Waals surface area contributed by atoms with Crippen molar-refractivity contribution in [2.45, 2.75) is 6.92 Å². The number of hydrogen-bond donors (Lipinski definition) is 1. The van der Waals surface area contributed by atoms with Crippen LogP contribution in [0, 0.1) is 6.92 Å². The Morgan fingerprint density at radius 2 is 1.85 bits per heavy atom. The molecule has 1 aliphatic heterocycles. The molecule has 0 spiro atoms. The molecule has 3 nitrogen and oxygen atoms in total. The summed E-state index contributed by atoms with van der Waals surface area (Å²) in [6, 6.07) is 16.2. The van der Waals surface area contributed by atoms with Crippen molar-refractivity contribution < 1.29 is 0 Å². The Bertz CT molecular complexity index is 768. The topological polar surface area (TPSA) is 18.5 Å². The van der Waals surface area contributed by atoms with Crippen LogP contribution in [0.1, 0.15) is 11.1 Å². The number of piperazine rings is 1. The maximum absolute atomic E-state index is 6.09. The minimum Gasteiger partial charge on any atom is -0.346 e. The Morgan fingerprint density at radius 3 is 2.58 bits per heavy atom. The second-order valence-electron chi connectivity index (χ2n) is 6.49. The standard InChI is InChI=1S/C21H24ClN3S/c1-17-9-10-19(22)16-20(17)23-21(26)25-14-12-24(13-15-25)11-5-8-18-6-3-2-4-7-18/h2-10,16H,11-15H2,1H3,(H,23,26)/b8-5+. The minimum absolute atomic E-state index is 0.718. The van der Waals surface area contributed by atoms with Crippen LogP contribution in [-0.4, -0.2) is 47.6 Å². The highest BCUT2D eigenvalue weighted by molar-refractivity contribution is 7.80. The Balaban J connectivity index is 1.46. The third kappa shape index (κ3) is 5.31. The largest absolute Gasteiger partial charge is 0.346 e. The summed E-state index contributed by atoms with van der Waals surface area (Å²) in [5, 5.41) is 4.83. The highest BCUT2D eigenvalue weighted by atomic mass is 35.5. The monoisotopic (exact) mass is 385 g/mol. The fourth-order valence-electron chi connectivity index (χ4n) is 2.96. The number of aryl methyl sites for hydroxylation is 1. The Morgan fingerprint density at radius 1 is 1.12 bits per heavy atom. The molecule has 3 rings (SSSR count). The van der Waals surface area contributed by atoms with Crippen molar-refractivity contribution in [3.8, 4) is 0 Å². The summed E-state index contributed by atoms with van der Waals surface area (Å²) in [7, 11) is 0. The quantitative estimate of drug-likeness (QED) is 0.770. The molecule has 2 aromatic rings. The molecule has 0 aliphatic carbocycles. The number of nitrogens with zero attached hydrogens (tertiary/aromatic N) is 2. The molecule has 0 saturated carbocycles. The summed E-state index contributed by atoms with van der Waals surface area (Å²) in [6.45, 7) is 6.91. The van der Waals surface area contributed by atoms with Crippen LogP contribution in [-0.2, 0) is 0 Å². The zero-order valence-corrected chi connectivity index (χ0v) is 16.6. The van der Waals surface area contributed by atoms with Gasteiger partial charge in [0.1, 0.15) is 0 Å². The third-order valence-electron chi connectivity index (χ3n) is 4.57. The lowest BCUT2D eigenvalue weighted by molar-refractivity contribution is 0.200. The fourth-order valence-corrected chi connectivity index (χ4v) is 3.42. The Hall–Kier alpha value is -1.88. The molecule has 2 aromatic carbocycles. The molecule has 136 valence electrons. The maximum Gasteiger partial charge on any atom is 0.173 e. The average molecular weight is 386 g/mol. The van der Waals surface area contributed by atoms with E-state index >= 15 is 0 Å². The molecule has 5 heteroatoms. The van der Waals surface area contributed by atoms with E-state index in [1.165, 1.54) is 5.56 Å². The van der Waals surface area contributed by atoms with Gasteiger partial charge in [-0.15, -0.1) is 0 Å². The first-order chi connectivity index (χ1) is 12.6. The fraction of sp³-hybridized carbons (Fsp3) is 0.286. The van der Waals surface area contributed by atoms with E-state index in [2.05, 4.69) is 58.5 Å². The molecule has 1 fully saturated rings. The Labute approximate surface area is 166 Å². The summed E-state index contributed by atoms with van der Waals surface area (Å²) < 4.78 is 0. The predicted octanol–water partition coefficient (Wildman–Crippen LogP) is 4.68. The van der Waals surface area contributed by atoms with Crippen molar-refractivity contribution in [3.63, 3.8) is 0 Å². The molecular weight excluding hydrogens is 362 g/mol. The summed E-state index contributed by atoms with van der Waals surface area (Å²) in [5.41, 5.74) is 3.37. The van der Waals surface area contributed by atoms with Gasteiger partial charge in [-0.3, -0.25) is 4.90 Å². The van der Waals surface area contributed by atoms with Crippen molar-refractivity contribution in [1.82, 2.24) is 9.80 Å². The molecule has 1 N–H and O–H groups in total. The van der Waals surface area contributed by atoms with Gasteiger partial charge in [0.15, 0.2) is 5.11 Å². The number of halogens is 1. The van der Waals surface area contributed by atoms with Crippen LogP contribution in [0.25, 0.3) is 6.08 Å². The van der Waals surface area contributed by atoms with E-state index in [0.717, 1.165) is 54.1 Å². The Kier molecular flexibility index (Phi) is 6.67. The molecule has 1 aliphatic rings. The van der Waals surface area contributed by atoms with Crippen molar-refractivity contribution in [2.24, 2.45) is 0 Å². The average Bonchev–Trinajstić information content (AvgIpc) is 2.66. The van der Waals surface area contributed by atoms with E-state index in [4.69, 9.17) is 23.8 Å². The van der Waals surface area contributed by atoms with Gasteiger partial charge in [0.05, 0.1) is 0 Å². The summed E-state index contributed by atoms with van der Waals surface area (Å²) >= 11 is 11.7. The highest BCUT2D eigenvalue weighted by Gasteiger charge is 2.18. The van der Waals surface area contributed by atoms with Crippen molar-refractivity contribution >= 4 is 40.7 Å². The van der Waals surface area contributed by atoms with E-state index in [1.807, 2.05) is 24.3 Å². The van der Waals surface area contributed by atoms with E-state index in [0.29, 0.717) is 0 Å². The van der Waals surface area contributed by atoms with Gasteiger partial charge in [0.25, 0.3) is 0 Å². The number of benzene rings is 2. The molecule has 1 heterocycles. The van der Waals surface area contributed by atoms with Gasteiger partial charge in [0.2, 0.25) is 0 Å². The SMILES string of the molecule is Cc1ccc(Cl)cc1NC(=S)N1CCN(C/C=C/c2ccccc2)CC1. The lowest BCUT2D eigenvalue weighted by atomic mass is 10.2. The van der Waals surface area contributed by atoms with Crippen LogP contribution < -0.4 is 5.32 Å². The van der Waals surface area contributed by atoms with Gasteiger partial charge in [-0.2, -0.15) is 0 Å². The lowest BCUT2D eigenvalue weighted by Gasteiger charge is -2.35. The highest BCUT2D eigenvalue weighted by Crippen LogP contribution is 2.20. The van der Waals surface area contributed by atoms with Crippen molar-refractivity contribution in [2.75, 3.05) is 38.0 Å². The smallest absolute Gasteiger partial charge is 0.173 e. The van der Waals surface area contributed by atoms with Gasteiger partial charge < -0.3 is 10.2 Å². The first-order valence-corrected chi connectivity index (χ1v) is 9.66. The number of rotatable bonds is 4. The molecule has 0 unspecified atom stereocenters. The zero-order valence-electron chi connectivity index (χ0n) is 15.0. The molecule has 0 bridgehead atoms. The molecule has 0 amide bonds. The van der Waals surface area contributed by atoms with Gasteiger partial charge in [0, 0.05) is 43.4 Å². The summed E-state index contributed by atoms with van der Waals surface area (Å²) in [5.74, 6) is 0. The molecule has 0 aromatic heterocycles. The number of hydrogen-bond acceptors (Lipinski definition) is 2. The molecule has 26 heavy (non-hydrogen) atoms. The predicted molar refractivity (Wildman–Crippen MR) is 116 cm³/mol.